The van der Waals surface area contributed by atoms with E-state index in [1.165, 1.54) is 11.8 Å². The average Bonchev–Trinajstić information content (AvgIpc) is 3.23. The van der Waals surface area contributed by atoms with Gasteiger partial charge in [-0.25, -0.2) is 14.8 Å². The fourth-order valence-corrected chi connectivity index (χ4v) is 4.29. The van der Waals surface area contributed by atoms with Gasteiger partial charge in [-0.1, -0.05) is 46.8 Å². The summed E-state index contributed by atoms with van der Waals surface area (Å²) in [4.78, 5) is 33.2. The van der Waals surface area contributed by atoms with Crippen molar-refractivity contribution in [2.45, 2.75) is 19.0 Å². The molecule has 0 atom stereocenters. The smallest absolute Gasteiger partial charge is 0.350 e. The average molecular weight is 451 g/mol. The normalized spacial score (nSPS) is 10.8. The van der Waals surface area contributed by atoms with Gasteiger partial charge in [0.1, 0.15) is 4.88 Å². The van der Waals surface area contributed by atoms with Gasteiger partial charge in [0.25, 0.3) is 0 Å². The summed E-state index contributed by atoms with van der Waals surface area (Å²) in [5, 5.41) is 4.48. The Morgan fingerprint density at radius 2 is 2.03 bits per heavy atom. The third-order valence-corrected chi connectivity index (χ3v) is 6.27. The molecule has 0 unspecified atom stereocenters. The van der Waals surface area contributed by atoms with Gasteiger partial charge in [0, 0.05) is 12.1 Å². The van der Waals surface area contributed by atoms with Crippen molar-refractivity contribution in [3.05, 3.63) is 46.1 Å². The van der Waals surface area contributed by atoms with Gasteiger partial charge < -0.3 is 14.6 Å². The molecular formula is C19H19ClN4O3S2. The van der Waals surface area contributed by atoms with E-state index in [9.17, 15) is 9.59 Å². The van der Waals surface area contributed by atoms with Crippen LogP contribution in [-0.4, -0.2) is 38.8 Å². The first-order valence-electron chi connectivity index (χ1n) is 8.74. The highest BCUT2D eigenvalue weighted by Gasteiger charge is 2.18. The molecule has 1 N–H and O–H groups in total. The number of thiazole rings is 1. The molecule has 0 bridgehead atoms. The quantitative estimate of drug-likeness (QED) is 0.423. The topological polar surface area (TPSA) is 86.1 Å². The minimum atomic E-state index is -0.430. The van der Waals surface area contributed by atoms with Gasteiger partial charge in [0.15, 0.2) is 10.3 Å². The number of nitrogens with zero attached hydrogens (tertiary/aromatic N) is 3. The van der Waals surface area contributed by atoms with Gasteiger partial charge in [0.2, 0.25) is 5.91 Å². The van der Waals surface area contributed by atoms with Crippen LogP contribution in [0.2, 0.25) is 5.02 Å². The minimum absolute atomic E-state index is 0.165. The van der Waals surface area contributed by atoms with Gasteiger partial charge >= 0.3 is 5.97 Å². The molecule has 7 nitrogen and oxygen atoms in total. The summed E-state index contributed by atoms with van der Waals surface area (Å²) in [6.07, 6.45) is 1.76. The Hall–Kier alpha value is -2.36. The lowest BCUT2D eigenvalue weighted by Gasteiger charge is -2.06. The van der Waals surface area contributed by atoms with E-state index in [2.05, 4.69) is 15.3 Å². The molecule has 0 aliphatic carbocycles. The predicted octanol–water partition coefficient (Wildman–Crippen LogP) is 4.41. The largest absolute Gasteiger partial charge is 0.462 e. The van der Waals surface area contributed by atoms with Crippen LogP contribution in [0.5, 0.6) is 0 Å². The highest BCUT2D eigenvalue weighted by atomic mass is 35.5. The Labute approximate surface area is 181 Å². The highest BCUT2D eigenvalue weighted by Crippen LogP contribution is 2.27. The minimum Gasteiger partial charge on any atom is -0.462 e. The third-order valence-electron chi connectivity index (χ3n) is 3.92. The molecule has 0 fully saturated rings. The van der Waals surface area contributed by atoms with Crippen molar-refractivity contribution in [1.29, 1.82) is 0 Å². The number of hydrogen-bond donors (Lipinski definition) is 1. The number of anilines is 1. The van der Waals surface area contributed by atoms with E-state index in [0.717, 1.165) is 22.6 Å². The van der Waals surface area contributed by atoms with Gasteiger partial charge in [-0.15, -0.1) is 0 Å². The molecule has 3 aromatic rings. The molecule has 3 rings (SSSR count). The Morgan fingerprint density at radius 1 is 1.31 bits per heavy atom. The van der Waals surface area contributed by atoms with Crippen molar-refractivity contribution < 1.29 is 14.3 Å². The highest BCUT2D eigenvalue weighted by molar-refractivity contribution is 7.99. The second-order valence-corrected chi connectivity index (χ2v) is 8.36. The lowest BCUT2D eigenvalue weighted by atomic mass is 10.2. The van der Waals surface area contributed by atoms with E-state index in [4.69, 9.17) is 16.3 Å². The van der Waals surface area contributed by atoms with E-state index >= 15 is 0 Å². The Bertz CT molecular complexity index is 1030. The second kappa shape index (κ2) is 9.43. The zero-order valence-corrected chi connectivity index (χ0v) is 18.5. The lowest BCUT2D eigenvalue weighted by molar-refractivity contribution is -0.113. The number of carbonyl (C=O) groups excluding carboxylic acids is 2. The molecule has 0 aliphatic rings. The molecule has 152 valence electrons. The summed E-state index contributed by atoms with van der Waals surface area (Å²) in [5.74, 6) is -0.492. The first kappa shape index (κ1) is 21.4. The second-order valence-electron chi connectivity index (χ2n) is 5.98. The Balaban J connectivity index is 1.61. The van der Waals surface area contributed by atoms with Crippen molar-refractivity contribution in [1.82, 2.24) is 14.5 Å². The lowest BCUT2D eigenvalue weighted by Crippen LogP contribution is -2.14. The zero-order valence-electron chi connectivity index (χ0n) is 16.1. The number of carbonyl (C=O) groups is 2. The first-order chi connectivity index (χ1) is 13.9. The number of hydrogen-bond acceptors (Lipinski definition) is 7. The number of ether oxygens (including phenoxy) is 1. The van der Waals surface area contributed by atoms with Gasteiger partial charge in [-0.05, 0) is 31.5 Å². The molecule has 0 saturated heterocycles. The number of nitrogens with one attached hydrogen (secondary N) is 1. The van der Waals surface area contributed by atoms with Crippen LogP contribution in [0.4, 0.5) is 5.13 Å². The van der Waals surface area contributed by atoms with Crippen molar-refractivity contribution in [3.8, 4) is 11.3 Å². The fraction of sp³-hybridized carbons (Fsp3) is 0.263. The summed E-state index contributed by atoms with van der Waals surface area (Å²) in [7, 11) is 1.90. The first-order valence-corrected chi connectivity index (χ1v) is 10.9. The monoisotopic (exact) mass is 450 g/mol. The van der Waals surface area contributed by atoms with Crippen molar-refractivity contribution in [2.24, 2.45) is 7.05 Å². The van der Waals surface area contributed by atoms with Crippen LogP contribution in [0.1, 0.15) is 22.3 Å². The van der Waals surface area contributed by atoms with Crippen LogP contribution in [0.25, 0.3) is 11.3 Å². The van der Waals surface area contributed by atoms with Gasteiger partial charge in [-0.2, -0.15) is 0 Å². The molecule has 0 spiro atoms. The van der Waals surface area contributed by atoms with Crippen LogP contribution in [0.15, 0.2) is 35.6 Å². The third kappa shape index (κ3) is 5.17. The number of aromatic nitrogens is 3. The van der Waals surface area contributed by atoms with E-state index in [1.54, 1.807) is 20.0 Å². The SMILES string of the molecule is CCOC(=O)c1sc(NC(=O)CSc2ncc(-c3ccc(Cl)cc3)n2C)nc1C. The van der Waals surface area contributed by atoms with Crippen LogP contribution < -0.4 is 5.32 Å². The summed E-state index contributed by atoms with van der Waals surface area (Å²) in [6.45, 7) is 3.74. The molecular weight excluding hydrogens is 432 g/mol. The maximum absolute atomic E-state index is 12.3. The molecule has 2 heterocycles. The maximum Gasteiger partial charge on any atom is 0.350 e. The molecule has 1 aromatic carbocycles. The van der Waals surface area contributed by atoms with Gasteiger partial charge in [-0.3, -0.25) is 4.79 Å². The van der Waals surface area contributed by atoms with Crippen molar-refractivity contribution in [3.63, 3.8) is 0 Å². The van der Waals surface area contributed by atoms with E-state index in [1.807, 2.05) is 35.9 Å². The summed E-state index contributed by atoms with van der Waals surface area (Å²) in [5.41, 5.74) is 2.46. The Kier molecular flexibility index (Phi) is 6.94. The summed E-state index contributed by atoms with van der Waals surface area (Å²) < 4.78 is 6.91. The van der Waals surface area contributed by atoms with Crippen molar-refractivity contribution in [2.75, 3.05) is 17.7 Å². The Morgan fingerprint density at radius 3 is 2.72 bits per heavy atom. The molecule has 10 heteroatoms. The number of thioether (sulfide) groups is 1. The van der Waals surface area contributed by atoms with Crippen LogP contribution in [-0.2, 0) is 16.6 Å². The molecule has 1 amide bonds. The number of esters is 1. The van der Waals surface area contributed by atoms with Crippen LogP contribution in [0.3, 0.4) is 0 Å². The number of aryl methyl sites for hydroxylation is 1. The number of amides is 1. The van der Waals surface area contributed by atoms with Crippen LogP contribution in [0, 0.1) is 6.92 Å². The molecule has 0 saturated carbocycles. The molecule has 2 aromatic heterocycles. The van der Waals surface area contributed by atoms with Crippen molar-refractivity contribution >= 4 is 51.7 Å². The van der Waals surface area contributed by atoms with E-state index in [-0.39, 0.29) is 18.3 Å². The van der Waals surface area contributed by atoms with E-state index in [0.29, 0.717) is 25.9 Å². The predicted molar refractivity (Wildman–Crippen MR) is 116 cm³/mol. The number of benzene rings is 1. The number of halogens is 1. The summed E-state index contributed by atoms with van der Waals surface area (Å²) in [6, 6.07) is 7.49. The van der Waals surface area contributed by atoms with Gasteiger partial charge in [0.05, 0.1) is 29.9 Å². The zero-order chi connectivity index (χ0) is 21.0. The molecule has 29 heavy (non-hydrogen) atoms. The maximum atomic E-state index is 12.3. The number of imidazole rings is 1. The van der Waals surface area contributed by atoms with Crippen LogP contribution >= 0.6 is 34.7 Å². The van der Waals surface area contributed by atoms with E-state index < -0.39 is 5.97 Å². The summed E-state index contributed by atoms with van der Waals surface area (Å²) >= 11 is 8.36. The number of rotatable bonds is 7. The standard InChI is InChI=1S/C19H19ClN4O3S2/c1-4-27-17(26)16-11(2)22-18(29-16)23-15(25)10-28-19-21-9-14(24(19)3)12-5-7-13(20)8-6-12/h5-9H,4,10H2,1-3H3,(H,22,23,25). The molecule has 0 aliphatic heterocycles. The molecule has 0 radical (unpaired) electrons. The fourth-order valence-electron chi connectivity index (χ4n) is 2.54.